The van der Waals surface area contributed by atoms with Crippen LogP contribution in [0.2, 0.25) is 0 Å². The Hall–Kier alpha value is -2.60. The molecule has 0 amide bonds. The Labute approximate surface area is 615 Å². The Balaban J connectivity index is 0.00000127. The van der Waals surface area contributed by atoms with E-state index in [9.17, 15) is 51.9 Å². The molecule has 0 bridgehead atoms. The van der Waals surface area contributed by atoms with Crippen LogP contribution in [0, 0.1) is 0 Å². The van der Waals surface area contributed by atoms with Crippen molar-refractivity contribution in [1.29, 1.82) is 0 Å². The highest BCUT2D eigenvalue weighted by Gasteiger charge is 2.30. The van der Waals surface area contributed by atoms with Gasteiger partial charge >= 0.3 is 0 Å². The molecule has 0 aliphatic heterocycles. The zero-order chi connectivity index (χ0) is 76.0. The third kappa shape index (κ3) is 35.2. The fourth-order valence-electron chi connectivity index (χ4n) is 14.3. The Bertz CT molecular complexity index is 2660. The van der Waals surface area contributed by atoms with Gasteiger partial charge in [-0.25, -0.2) is 33.7 Å². The monoisotopic (exact) mass is 1490 g/mol. The van der Waals surface area contributed by atoms with Gasteiger partial charge in [-0.05, 0) is 126 Å². The van der Waals surface area contributed by atoms with Crippen molar-refractivity contribution >= 4 is 72.8 Å². The molecule has 0 radical (unpaired) electrons. The van der Waals surface area contributed by atoms with Crippen molar-refractivity contribution in [2.45, 2.75) is 336 Å². The zero-order valence-corrected chi connectivity index (χ0v) is 70.0. The molecule has 0 aliphatic carbocycles. The maximum Gasteiger partial charge on any atom is 0.125 e. The highest BCUT2D eigenvalue weighted by atomic mass is 32.2. The van der Waals surface area contributed by atoms with E-state index in [-0.39, 0.29) is 0 Å². The standard InChI is InChI=1S/4C16H36N.C16H10O12S4/c4*1-5-9-13-17(14-10-6-2,15-11-7-3)16-12-8-4;17-29(18,19)11-5-13(31(23,24)25)9-3-4-10-14(32(26,27)28)6-12(30(20,21)22)8-2-1-7(11)15(9)16(8)10/h4*5-16H2,1-4H3;1-6H,(H,17,18,19)(H,20,21,22)(H,23,24,25)(H,26,27,28)/q4*+1;/p-4. The van der Waals surface area contributed by atoms with E-state index in [4.69, 9.17) is 0 Å². The first-order valence-corrected chi connectivity index (χ1v) is 46.0. The maximum absolute atomic E-state index is 11.8. The summed E-state index contributed by atoms with van der Waals surface area (Å²) in [6.45, 7) is 60.1. The minimum Gasteiger partial charge on any atom is -0.744 e. The molecule has 0 aromatic heterocycles. The van der Waals surface area contributed by atoms with E-state index in [2.05, 4.69) is 111 Å². The van der Waals surface area contributed by atoms with E-state index in [1.807, 2.05) is 0 Å². The lowest BCUT2D eigenvalue weighted by molar-refractivity contribution is -0.929. The fraction of sp³-hybridized carbons (Fsp3) is 0.800. The lowest BCUT2D eigenvalue weighted by Gasteiger charge is -2.39. The van der Waals surface area contributed by atoms with E-state index in [1.165, 1.54) is 328 Å². The van der Waals surface area contributed by atoms with Crippen LogP contribution < -0.4 is 0 Å². The molecule has 4 aromatic rings. The largest absolute Gasteiger partial charge is 0.744 e. The molecule has 0 aliphatic rings. The predicted octanol–water partition coefficient (Wildman–Crippen LogP) is 20.2. The highest BCUT2D eigenvalue weighted by Crippen LogP contribution is 2.44. The molecule has 586 valence electrons. The lowest BCUT2D eigenvalue weighted by atomic mass is 9.94. The number of quaternary nitrogens is 4. The number of unbranched alkanes of at least 4 members (excludes halogenated alkanes) is 16. The predicted molar refractivity (Wildman–Crippen MR) is 419 cm³/mol. The van der Waals surface area contributed by atoms with Crippen LogP contribution in [0.1, 0.15) is 316 Å². The average molecular weight is 1490 g/mol. The van der Waals surface area contributed by atoms with E-state index in [1.54, 1.807) is 0 Å². The molecule has 0 unspecified atom stereocenters. The summed E-state index contributed by atoms with van der Waals surface area (Å²) in [6.07, 6.45) is 44.2. The summed E-state index contributed by atoms with van der Waals surface area (Å²) in [4.78, 5) is -4.63. The first-order valence-electron chi connectivity index (χ1n) is 40.4. The molecule has 0 atom stereocenters. The third-order valence-electron chi connectivity index (χ3n) is 20.6. The van der Waals surface area contributed by atoms with Gasteiger partial charge in [-0.3, -0.25) is 0 Å². The van der Waals surface area contributed by atoms with Crippen molar-refractivity contribution in [2.24, 2.45) is 0 Å². The lowest BCUT2D eigenvalue weighted by Crippen LogP contribution is -2.50. The molecular weight excluding hydrogens is 1340 g/mol. The quantitative estimate of drug-likeness (QED) is 0.0228. The second-order valence-corrected chi connectivity index (χ2v) is 34.6. The van der Waals surface area contributed by atoms with Crippen LogP contribution in [0.4, 0.5) is 0 Å². The second kappa shape index (κ2) is 52.4. The van der Waals surface area contributed by atoms with Gasteiger partial charge in [0.05, 0.1) is 124 Å². The fourth-order valence-corrected chi connectivity index (χ4v) is 17.2. The van der Waals surface area contributed by atoms with Crippen molar-refractivity contribution in [2.75, 3.05) is 105 Å². The van der Waals surface area contributed by atoms with Gasteiger partial charge in [0.1, 0.15) is 40.5 Å². The molecule has 0 saturated heterocycles. The summed E-state index contributed by atoms with van der Waals surface area (Å²) < 4.78 is 147. The van der Waals surface area contributed by atoms with Crippen LogP contribution in [0.25, 0.3) is 32.3 Å². The summed E-state index contributed by atoms with van der Waals surface area (Å²) in [5.74, 6) is 0. The minimum absolute atomic E-state index is 0.336. The highest BCUT2D eigenvalue weighted by molar-refractivity contribution is 7.87. The number of rotatable bonds is 52. The van der Waals surface area contributed by atoms with Gasteiger partial charge in [-0.1, -0.05) is 238 Å². The topological polar surface area (TPSA) is 229 Å². The van der Waals surface area contributed by atoms with E-state index >= 15 is 0 Å². The van der Waals surface area contributed by atoms with Gasteiger partial charge in [-0.15, -0.1) is 0 Å². The molecular formula is C80H150N4O12S4. The molecule has 16 nitrogen and oxygen atoms in total. The van der Waals surface area contributed by atoms with E-state index < -0.39 is 92.4 Å². The van der Waals surface area contributed by atoms with E-state index in [0.29, 0.717) is 12.1 Å². The minimum atomic E-state index is -5.40. The maximum atomic E-state index is 11.8. The summed E-state index contributed by atoms with van der Waals surface area (Å²) >= 11 is 0. The number of nitrogens with zero attached hydrogens (tertiary/aromatic N) is 4. The Morgan fingerprint density at radius 1 is 0.210 bits per heavy atom. The first-order chi connectivity index (χ1) is 47.4. The van der Waals surface area contributed by atoms with Crippen LogP contribution >= 0.6 is 0 Å². The summed E-state index contributed by atoms with van der Waals surface area (Å²) in [5.41, 5.74) is 0. The Morgan fingerprint density at radius 3 is 0.390 bits per heavy atom. The van der Waals surface area contributed by atoms with Gasteiger partial charge in [0, 0.05) is 21.5 Å². The molecule has 0 N–H and O–H groups in total. The van der Waals surface area contributed by atoms with Crippen LogP contribution in [0.3, 0.4) is 0 Å². The van der Waals surface area contributed by atoms with Crippen molar-refractivity contribution < 1.29 is 69.8 Å². The summed E-state index contributed by atoms with van der Waals surface area (Å²) in [6, 6.07) is 4.27. The van der Waals surface area contributed by atoms with Gasteiger partial charge < -0.3 is 36.1 Å². The normalized spacial score (nSPS) is 12.6. The van der Waals surface area contributed by atoms with Crippen molar-refractivity contribution in [3.63, 3.8) is 0 Å². The molecule has 20 heteroatoms. The van der Waals surface area contributed by atoms with Gasteiger partial charge in [0.2, 0.25) is 0 Å². The molecule has 4 aromatic carbocycles. The molecule has 0 fully saturated rings. The molecule has 0 heterocycles. The third-order valence-corrected chi connectivity index (χ3v) is 24.1. The first kappa shape index (κ1) is 97.4. The molecule has 4 rings (SSSR count). The number of hydrogen-bond donors (Lipinski definition) is 0. The van der Waals surface area contributed by atoms with Crippen LogP contribution in [-0.2, 0) is 40.5 Å². The van der Waals surface area contributed by atoms with Gasteiger partial charge in [0.15, 0.2) is 0 Å². The van der Waals surface area contributed by atoms with Crippen LogP contribution in [-0.4, -0.2) is 175 Å². The van der Waals surface area contributed by atoms with Crippen molar-refractivity contribution in [3.05, 3.63) is 36.4 Å². The van der Waals surface area contributed by atoms with E-state index in [0.717, 1.165) is 24.3 Å². The van der Waals surface area contributed by atoms with Crippen molar-refractivity contribution in [3.8, 4) is 0 Å². The summed E-state index contributed by atoms with van der Waals surface area (Å²) in [7, 11) is -21.6. The molecule has 0 spiro atoms. The van der Waals surface area contributed by atoms with Crippen LogP contribution in [0.5, 0.6) is 0 Å². The smallest absolute Gasteiger partial charge is 0.125 e. The van der Waals surface area contributed by atoms with Crippen LogP contribution in [0.15, 0.2) is 56.0 Å². The zero-order valence-electron chi connectivity index (χ0n) is 66.7. The number of hydrogen-bond acceptors (Lipinski definition) is 12. The molecule has 0 saturated carbocycles. The average Bonchev–Trinajstić information content (AvgIpc) is 0.704. The Kier molecular flexibility index (Phi) is 51.0. The second-order valence-electron chi connectivity index (χ2n) is 29.2. The number of benzene rings is 4. The summed E-state index contributed by atoms with van der Waals surface area (Å²) in [5, 5.41) is -2.90. The Morgan fingerprint density at radius 2 is 0.310 bits per heavy atom. The van der Waals surface area contributed by atoms with Gasteiger partial charge in [-0.2, -0.15) is 0 Å². The van der Waals surface area contributed by atoms with Crippen molar-refractivity contribution in [1.82, 2.24) is 0 Å². The SMILES string of the molecule is CCCC[N+](CCCC)(CCCC)CCCC.CCCC[N+](CCCC)(CCCC)CCCC.CCCC[N+](CCCC)(CCCC)CCCC.CCCC[N+](CCCC)(CCCC)CCCC.O=S(=O)([O-])c1cc(S(=O)(=O)[O-])c2ccc3c(S(=O)(=O)[O-])cc(S(=O)(=O)[O-])c4ccc1c2c43. The molecule has 100 heavy (non-hydrogen) atoms. The van der Waals surface area contributed by atoms with Gasteiger partial charge in [0.25, 0.3) is 0 Å².